The second kappa shape index (κ2) is 12.5. The van der Waals surface area contributed by atoms with Crippen LogP contribution in [0.5, 0.6) is 0 Å². The van der Waals surface area contributed by atoms with Gasteiger partial charge in [-0.25, -0.2) is 9.59 Å². The van der Waals surface area contributed by atoms with Crippen molar-refractivity contribution in [3.63, 3.8) is 0 Å². The summed E-state index contributed by atoms with van der Waals surface area (Å²) >= 11 is 0. The zero-order chi connectivity index (χ0) is 15.2. The number of ether oxygens (including phenoxy) is 2. The van der Waals surface area contributed by atoms with E-state index < -0.39 is 11.9 Å². The molecule has 0 heterocycles. The molecule has 0 aliphatic heterocycles. The van der Waals surface area contributed by atoms with Crippen molar-refractivity contribution in [2.75, 3.05) is 13.2 Å². The monoisotopic (exact) mass is 282 g/mol. The highest BCUT2D eigenvalue weighted by molar-refractivity contribution is 5.91. The lowest BCUT2D eigenvalue weighted by atomic mass is 10.2. The van der Waals surface area contributed by atoms with Gasteiger partial charge in [0.25, 0.3) is 0 Å². The summed E-state index contributed by atoms with van der Waals surface area (Å²) in [6.45, 7) is 6.61. The summed E-state index contributed by atoms with van der Waals surface area (Å²) in [5, 5.41) is 0. The maximum absolute atomic E-state index is 11.3. The normalized spacial score (nSPS) is 10.3. The first-order valence-corrected chi connectivity index (χ1v) is 7.21. The number of carbonyl (C=O) groups is 2. The molecule has 0 saturated heterocycles. The highest BCUT2D eigenvalue weighted by atomic mass is 16.5. The maximum Gasteiger partial charge on any atom is 0.331 e. The summed E-state index contributed by atoms with van der Waals surface area (Å²) in [6, 6.07) is 0. The van der Waals surface area contributed by atoms with Gasteiger partial charge in [0.05, 0.1) is 6.61 Å². The average molecular weight is 282 g/mol. The molecule has 0 bridgehead atoms. The smallest absolute Gasteiger partial charge is 0.331 e. The third kappa shape index (κ3) is 12.9. The molecular formula is C16H26O4. The second-order valence-corrected chi connectivity index (χ2v) is 4.83. The van der Waals surface area contributed by atoms with Crippen molar-refractivity contribution >= 4 is 11.9 Å². The predicted molar refractivity (Wildman–Crippen MR) is 79.2 cm³/mol. The molecule has 0 aliphatic carbocycles. The quantitative estimate of drug-likeness (QED) is 0.266. The zero-order valence-corrected chi connectivity index (χ0v) is 12.8. The molecule has 0 atom stereocenters. The van der Waals surface area contributed by atoms with E-state index in [9.17, 15) is 9.59 Å². The van der Waals surface area contributed by atoms with Crippen LogP contribution in [0.4, 0.5) is 0 Å². The topological polar surface area (TPSA) is 52.6 Å². The Morgan fingerprint density at radius 2 is 1.50 bits per heavy atom. The van der Waals surface area contributed by atoms with Gasteiger partial charge in [-0.15, -0.1) is 0 Å². The fourth-order valence-corrected chi connectivity index (χ4v) is 1.40. The van der Waals surface area contributed by atoms with E-state index in [0.717, 1.165) is 30.6 Å². The van der Waals surface area contributed by atoms with Crippen LogP contribution in [0.25, 0.3) is 0 Å². The first-order chi connectivity index (χ1) is 9.56. The molecule has 4 nitrogen and oxygen atoms in total. The van der Waals surface area contributed by atoms with Crippen LogP contribution in [-0.4, -0.2) is 25.2 Å². The number of allylic oxidation sites excluding steroid dienone is 1. The lowest BCUT2D eigenvalue weighted by Crippen LogP contribution is -2.05. The summed E-state index contributed by atoms with van der Waals surface area (Å²) < 4.78 is 9.83. The van der Waals surface area contributed by atoms with E-state index in [2.05, 4.69) is 6.92 Å². The Bertz CT molecular complexity index is 338. The van der Waals surface area contributed by atoms with E-state index in [1.807, 2.05) is 13.8 Å². The Balaban J connectivity index is 3.66. The van der Waals surface area contributed by atoms with Gasteiger partial charge >= 0.3 is 11.9 Å². The Labute approximate surface area is 121 Å². The van der Waals surface area contributed by atoms with E-state index in [-0.39, 0.29) is 6.61 Å². The SMILES string of the molecule is CCCCCCCOC(=O)/C=C/C(=O)OCC=C(C)C. The first kappa shape index (κ1) is 18.4. The fraction of sp³-hybridized carbons (Fsp3) is 0.625. The van der Waals surface area contributed by atoms with Gasteiger partial charge in [0.15, 0.2) is 0 Å². The van der Waals surface area contributed by atoms with Gasteiger partial charge in [0.1, 0.15) is 6.61 Å². The number of rotatable bonds is 10. The van der Waals surface area contributed by atoms with Crippen molar-refractivity contribution in [2.45, 2.75) is 52.9 Å². The number of carbonyl (C=O) groups excluding carboxylic acids is 2. The van der Waals surface area contributed by atoms with Gasteiger partial charge in [-0.05, 0) is 26.3 Å². The number of esters is 2. The molecule has 114 valence electrons. The molecular weight excluding hydrogens is 256 g/mol. The molecule has 0 aliphatic rings. The molecule has 0 saturated carbocycles. The van der Waals surface area contributed by atoms with Crippen LogP contribution in [0.1, 0.15) is 52.9 Å². The Hall–Kier alpha value is -1.58. The molecule has 0 radical (unpaired) electrons. The van der Waals surface area contributed by atoms with Crippen LogP contribution < -0.4 is 0 Å². The van der Waals surface area contributed by atoms with E-state index in [4.69, 9.17) is 9.47 Å². The third-order valence-electron chi connectivity index (χ3n) is 2.56. The van der Waals surface area contributed by atoms with Crippen LogP contribution in [-0.2, 0) is 19.1 Å². The molecule has 0 N–H and O–H groups in total. The summed E-state index contributed by atoms with van der Waals surface area (Å²) in [5.74, 6) is -1.04. The highest BCUT2D eigenvalue weighted by Crippen LogP contribution is 2.02. The highest BCUT2D eigenvalue weighted by Gasteiger charge is 2.00. The largest absolute Gasteiger partial charge is 0.463 e. The predicted octanol–water partition coefficient (Wildman–Crippen LogP) is 3.57. The fourth-order valence-electron chi connectivity index (χ4n) is 1.40. The zero-order valence-electron chi connectivity index (χ0n) is 12.8. The van der Waals surface area contributed by atoms with Crippen LogP contribution in [0.3, 0.4) is 0 Å². The molecule has 4 heteroatoms. The third-order valence-corrected chi connectivity index (χ3v) is 2.56. The van der Waals surface area contributed by atoms with Gasteiger partial charge in [-0.2, -0.15) is 0 Å². The minimum atomic E-state index is -0.539. The van der Waals surface area contributed by atoms with Crippen molar-refractivity contribution in [1.29, 1.82) is 0 Å². The van der Waals surface area contributed by atoms with E-state index >= 15 is 0 Å². The molecule has 0 aromatic carbocycles. The molecule has 0 aromatic rings. The second-order valence-electron chi connectivity index (χ2n) is 4.83. The molecule has 0 spiro atoms. The molecule has 0 amide bonds. The summed E-state index contributed by atoms with van der Waals surface area (Å²) in [4.78, 5) is 22.5. The van der Waals surface area contributed by atoms with Crippen LogP contribution in [0.2, 0.25) is 0 Å². The maximum atomic E-state index is 11.3. The summed E-state index contributed by atoms with van der Waals surface area (Å²) in [6.07, 6.45) is 9.50. The Morgan fingerprint density at radius 1 is 0.900 bits per heavy atom. The standard InChI is InChI=1S/C16H26O4/c1-4-5-6-7-8-12-19-15(17)9-10-16(18)20-13-11-14(2)3/h9-11H,4-8,12-13H2,1-3H3/b10-9+. The Kier molecular flexibility index (Phi) is 11.5. The van der Waals surface area contributed by atoms with Crippen molar-refractivity contribution in [3.8, 4) is 0 Å². The first-order valence-electron chi connectivity index (χ1n) is 7.21. The minimum absolute atomic E-state index is 0.220. The van der Waals surface area contributed by atoms with Gasteiger partial charge in [-0.3, -0.25) is 0 Å². The number of unbranched alkanes of at least 4 members (excludes halogenated alkanes) is 4. The van der Waals surface area contributed by atoms with Crippen LogP contribution in [0.15, 0.2) is 23.8 Å². The van der Waals surface area contributed by atoms with Gasteiger partial charge < -0.3 is 9.47 Å². The van der Waals surface area contributed by atoms with Crippen LogP contribution in [0, 0.1) is 0 Å². The van der Waals surface area contributed by atoms with Crippen molar-refractivity contribution in [1.82, 2.24) is 0 Å². The van der Waals surface area contributed by atoms with E-state index in [0.29, 0.717) is 6.61 Å². The molecule has 20 heavy (non-hydrogen) atoms. The summed E-state index contributed by atoms with van der Waals surface area (Å²) in [7, 11) is 0. The van der Waals surface area contributed by atoms with Crippen molar-refractivity contribution < 1.29 is 19.1 Å². The molecule has 0 rings (SSSR count). The van der Waals surface area contributed by atoms with Crippen LogP contribution >= 0.6 is 0 Å². The average Bonchev–Trinajstić information content (AvgIpc) is 2.40. The Morgan fingerprint density at radius 3 is 2.10 bits per heavy atom. The lowest BCUT2D eigenvalue weighted by Gasteiger charge is -2.01. The van der Waals surface area contributed by atoms with Crippen molar-refractivity contribution in [3.05, 3.63) is 23.8 Å². The van der Waals surface area contributed by atoms with Gasteiger partial charge in [-0.1, -0.05) is 38.2 Å². The van der Waals surface area contributed by atoms with Crippen molar-refractivity contribution in [2.24, 2.45) is 0 Å². The van der Waals surface area contributed by atoms with Gasteiger partial charge in [0, 0.05) is 12.2 Å². The van der Waals surface area contributed by atoms with E-state index in [1.165, 1.54) is 19.3 Å². The number of hydrogen-bond acceptors (Lipinski definition) is 4. The van der Waals surface area contributed by atoms with Gasteiger partial charge in [0.2, 0.25) is 0 Å². The minimum Gasteiger partial charge on any atom is -0.463 e. The summed E-state index contributed by atoms with van der Waals surface area (Å²) in [5.41, 5.74) is 1.07. The van der Waals surface area contributed by atoms with E-state index in [1.54, 1.807) is 6.08 Å². The molecule has 0 fully saturated rings. The number of hydrogen-bond donors (Lipinski definition) is 0. The molecule has 0 unspecified atom stereocenters. The molecule has 0 aromatic heterocycles. The lowest BCUT2D eigenvalue weighted by molar-refractivity contribution is -0.140.